The zero-order chi connectivity index (χ0) is 23.8. The summed E-state index contributed by atoms with van der Waals surface area (Å²) in [6.07, 6.45) is 0.384. The van der Waals surface area contributed by atoms with Gasteiger partial charge in [-0.2, -0.15) is 0 Å². The van der Waals surface area contributed by atoms with Crippen molar-refractivity contribution >= 4 is 50.8 Å². The lowest BCUT2D eigenvalue weighted by Gasteiger charge is -2.32. The van der Waals surface area contributed by atoms with Crippen molar-refractivity contribution in [3.8, 4) is 0 Å². The van der Waals surface area contributed by atoms with E-state index in [1.165, 1.54) is 6.07 Å². The minimum absolute atomic E-state index is 0.0492. The third-order valence-corrected chi connectivity index (χ3v) is 6.93. The Balaban J connectivity index is 1.37. The van der Waals surface area contributed by atoms with E-state index in [9.17, 15) is 23.5 Å². The molecule has 5 rings (SSSR count). The van der Waals surface area contributed by atoms with Gasteiger partial charge in [0.2, 0.25) is 0 Å². The molecule has 0 fully saturated rings. The molecule has 2 unspecified atom stereocenters. The summed E-state index contributed by atoms with van der Waals surface area (Å²) in [7, 11) is 0. The SMILES string of the molecule is O=C(O)C(CCCN1Cc2ccccc2C1=O)N(c1ccc2oc3ccccc3c2c1)S(=O)[O-]. The summed E-state index contributed by atoms with van der Waals surface area (Å²) in [5, 5.41) is 11.4. The number of carbonyl (C=O) groups excluding carboxylic acids is 1. The Morgan fingerprint density at radius 3 is 2.59 bits per heavy atom. The predicted molar refractivity (Wildman–Crippen MR) is 127 cm³/mol. The number of amides is 1. The Morgan fingerprint density at radius 2 is 1.82 bits per heavy atom. The molecule has 0 spiro atoms. The average Bonchev–Trinajstić information content (AvgIpc) is 3.35. The summed E-state index contributed by atoms with van der Waals surface area (Å²) in [5.74, 6) is -1.35. The van der Waals surface area contributed by atoms with E-state index in [0.29, 0.717) is 41.6 Å². The van der Waals surface area contributed by atoms with E-state index in [1.54, 1.807) is 23.1 Å². The first kappa shape index (κ1) is 22.1. The van der Waals surface area contributed by atoms with Gasteiger partial charge in [-0.1, -0.05) is 36.4 Å². The van der Waals surface area contributed by atoms with Gasteiger partial charge in [0.25, 0.3) is 5.91 Å². The molecule has 1 aliphatic heterocycles. The van der Waals surface area contributed by atoms with E-state index in [2.05, 4.69) is 0 Å². The maximum Gasteiger partial charge on any atom is 0.327 e. The Kier molecular flexibility index (Phi) is 5.80. The van der Waals surface area contributed by atoms with Crippen molar-refractivity contribution in [1.82, 2.24) is 4.90 Å². The van der Waals surface area contributed by atoms with Crippen LogP contribution in [0.4, 0.5) is 5.69 Å². The molecule has 1 amide bonds. The van der Waals surface area contributed by atoms with E-state index in [4.69, 9.17) is 4.42 Å². The van der Waals surface area contributed by atoms with Crippen LogP contribution in [-0.2, 0) is 22.6 Å². The summed E-state index contributed by atoms with van der Waals surface area (Å²) in [6.45, 7) is 0.802. The highest BCUT2D eigenvalue weighted by atomic mass is 32.2. The van der Waals surface area contributed by atoms with Crippen LogP contribution in [-0.4, -0.2) is 43.2 Å². The van der Waals surface area contributed by atoms with E-state index in [0.717, 1.165) is 15.3 Å². The second-order valence-electron chi connectivity index (χ2n) is 8.20. The van der Waals surface area contributed by atoms with Crippen molar-refractivity contribution in [2.24, 2.45) is 0 Å². The smallest absolute Gasteiger partial charge is 0.327 e. The van der Waals surface area contributed by atoms with E-state index >= 15 is 0 Å². The molecular weight excluding hydrogens is 456 g/mol. The molecule has 9 heteroatoms. The minimum Gasteiger partial charge on any atom is -0.755 e. The molecule has 1 aliphatic rings. The molecule has 0 bridgehead atoms. The number of hydrogen-bond donors (Lipinski definition) is 1. The topological polar surface area (TPSA) is 114 Å². The molecule has 0 aliphatic carbocycles. The Hall–Kier alpha value is -3.69. The normalized spacial score (nSPS) is 15.0. The summed E-state index contributed by atoms with van der Waals surface area (Å²) in [4.78, 5) is 26.3. The quantitative estimate of drug-likeness (QED) is 0.383. The number of nitrogens with zero attached hydrogens (tertiary/aromatic N) is 2. The lowest BCUT2D eigenvalue weighted by atomic mass is 10.1. The van der Waals surface area contributed by atoms with Gasteiger partial charge in [-0.05, 0) is 48.7 Å². The molecule has 8 nitrogen and oxygen atoms in total. The Labute approximate surface area is 197 Å². The van der Waals surface area contributed by atoms with Crippen LogP contribution in [0.1, 0.15) is 28.8 Å². The van der Waals surface area contributed by atoms with Gasteiger partial charge >= 0.3 is 5.97 Å². The molecule has 3 aromatic carbocycles. The molecule has 0 saturated carbocycles. The molecule has 4 aromatic rings. The molecule has 2 atom stereocenters. The number of rotatable bonds is 8. The van der Waals surface area contributed by atoms with Gasteiger partial charge in [0.15, 0.2) is 0 Å². The lowest BCUT2D eigenvalue weighted by molar-refractivity contribution is -0.138. The second kappa shape index (κ2) is 8.92. The fraction of sp³-hybridized carbons (Fsp3) is 0.200. The zero-order valence-electron chi connectivity index (χ0n) is 18.0. The van der Waals surface area contributed by atoms with Crippen LogP contribution in [0.3, 0.4) is 0 Å². The Bertz CT molecular complexity index is 1430. The predicted octanol–water partition coefficient (Wildman–Crippen LogP) is 4.08. The van der Waals surface area contributed by atoms with E-state index in [1.807, 2.05) is 42.5 Å². The van der Waals surface area contributed by atoms with Gasteiger partial charge < -0.3 is 19.0 Å². The number of fused-ring (bicyclic) bond motifs is 4. The van der Waals surface area contributed by atoms with E-state index < -0.39 is 23.3 Å². The minimum atomic E-state index is -2.82. The highest BCUT2D eigenvalue weighted by Gasteiger charge is 2.30. The van der Waals surface area contributed by atoms with Gasteiger partial charge in [0, 0.05) is 40.7 Å². The van der Waals surface area contributed by atoms with Crippen LogP contribution in [0.5, 0.6) is 0 Å². The van der Waals surface area contributed by atoms with Gasteiger partial charge in [-0.15, -0.1) is 0 Å². The molecule has 2 heterocycles. The molecule has 0 saturated heterocycles. The molecule has 174 valence electrons. The van der Waals surface area contributed by atoms with Crippen molar-refractivity contribution in [2.45, 2.75) is 25.4 Å². The first-order valence-electron chi connectivity index (χ1n) is 10.8. The number of carboxylic acid groups (broad SMARTS) is 1. The van der Waals surface area contributed by atoms with Crippen LogP contribution in [0, 0.1) is 0 Å². The van der Waals surface area contributed by atoms with E-state index in [-0.39, 0.29) is 18.0 Å². The van der Waals surface area contributed by atoms with Crippen molar-refractivity contribution in [3.05, 3.63) is 77.9 Å². The summed E-state index contributed by atoms with van der Waals surface area (Å²) in [5.41, 5.74) is 3.07. The number of benzene rings is 3. The van der Waals surface area contributed by atoms with Crippen molar-refractivity contribution in [3.63, 3.8) is 0 Å². The summed E-state index contributed by atoms with van der Waals surface area (Å²) >= 11 is -2.82. The molecule has 1 N–H and O–H groups in total. The number of aliphatic carboxylic acids is 1. The number of carboxylic acids is 1. The Morgan fingerprint density at radius 1 is 1.09 bits per heavy atom. The second-order valence-corrected chi connectivity index (χ2v) is 9.03. The molecule has 0 radical (unpaired) electrons. The van der Waals surface area contributed by atoms with Crippen LogP contribution < -0.4 is 4.31 Å². The average molecular weight is 478 g/mol. The number of para-hydroxylation sites is 1. The zero-order valence-corrected chi connectivity index (χ0v) is 18.9. The monoisotopic (exact) mass is 477 g/mol. The van der Waals surface area contributed by atoms with Crippen molar-refractivity contribution in [1.29, 1.82) is 0 Å². The molecular formula is C25H21N2O6S-. The van der Waals surface area contributed by atoms with Crippen LogP contribution in [0.25, 0.3) is 21.9 Å². The summed E-state index contributed by atoms with van der Waals surface area (Å²) < 4.78 is 31.0. The van der Waals surface area contributed by atoms with Crippen LogP contribution >= 0.6 is 0 Å². The standard InChI is InChI=1S/C25H22N2O6S/c28-24-18-7-2-1-6-16(18)15-26(24)13-5-9-21(25(29)30)27(34(31)32)17-11-12-23-20(14-17)19-8-3-4-10-22(19)33-23/h1-4,6-8,10-12,14,21H,5,9,13,15H2,(H,29,30)(H,31,32)/p-1. The highest BCUT2D eigenvalue weighted by molar-refractivity contribution is 7.80. The largest absolute Gasteiger partial charge is 0.755 e. The third kappa shape index (κ3) is 3.93. The van der Waals surface area contributed by atoms with Gasteiger partial charge in [-0.3, -0.25) is 13.3 Å². The number of hydrogen-bond acceptors (Lipinski definition) is 5. The molecule has 34 heavy (non-hydrogen) atoms. The van der Waals surface area contributed by atoms with Gasteiger partial charge in [-0.25, -0.2) is 4.79 Å². The van der Waals surface area contributed by atoms with Crippen molar-refractivity contribution in [2.75, 3.05) is 10.8 Å². The fourth-order valence-corrected chi connectivity index (χ4v) is 5.22. The van der Waals surface area contributed by atoms with Crippen LogP contribution in [0.15, 0.2) is 71.1 Å². The van der Waals surface area contributed by atoms with Gasteiger partial charge in [0.05, 0.1) is 5.69 Å². The maximum atomic E-state index is 12.6. The number of anilines is 1. The van der Waals surface area contributed by atoms with Crippen molar-refractivity contribution < 1.29 is 27.9 Å². The molecule has 1 aromatic heterocycles. The first-order chi connectivity index (χ1) is 16.4. The number of carbonyl (C=O) groups is 2. The summed E-state index contributed by atoms with van der Waals surface area (Å²) in [6, 6.07) is 18.2. The lowest BCUT2D eigenvalue weighted by Crippen LogP contribution is -2.43. The third-order valence-electron chi connectivity index (χ3n) is 6.15. The fourth-order valence-electron chi connectivity index (χ4n) is 4.53. The van der Waals surface area contributed by atoms with Gasteiger partial charge in [0.1, 0.15) is 17.2 Å². The highest BCUT2D eigenvalue weighted by Crippen LogP contribution is 2.33. The van der Waals surface area contributed by atoms with Crippen LogP contribution in [0.2, 0.25) is 0 Å². The first-order valence-corrected chi connectivity index (χ1v) is 11.9. The number of furan rings is 1. The maximum absolute atomic E-state index is 12.6.